The third kappa shape index (κ3) is 4.46. The molecule has 3 rings (SSSR count). The second-order valence-electron chi connectivity index (χ2n) is 5.55. The fourth-order valence-electron chi connectivity index (χ4n) is 2.43. The number of methoxy groups -OCH3 is 1. The van der Waals surface area contributed by atoms with Gasteiger partial charge in [0, 0.05) is 5.69 Å². The summed E-state index contributed by atoms with van der Waals surface area (Å²) in [5, 5.41) is 3.10. The second-order valence-corrected chi connectivity index (χ2v) is 5.96. The standard InChI is InChI=1S/C21H16ClNO4/c1-26-19-9-5-3-7-17(19)20(24)23-14-10-12-15(13-11-14)27-21(25)16-6-2-4-8-18(16)22/h2-13H,1H3,(H,23,24). The van der Waals surface area contributed by atoms with Crippen LogP contribution in [0.1, 0.15) is 20.7 Å². The molecule has 0 spiro atoms. The van der Waals surface area contributed by atoms with E-state index in [0.717, 1.165) is 0 Å². The van der Waals surface area contributed by atoms with E-state index in [9.17, 15) is 9.59 Å². The number of hydrogen-bond acceptors (Lipinski definition) is 4. The molecule has 136 valence electrons. The van der Waals surface area contributed by atoms with E-state index < -0.39 is 5.97 Å². The molecule has 0 fully saturated rings. The van der Waals surface area contributed by atoms with E-state index in [4.69, 9.17) is 21.1 Å². The van der Waals surface area contributed by atoms with Gasteiger partial charge < -0.3 is 14.8 Å². The number of anilines is 1. The Kier molecular flexibility index (Phi) is 5.74. The molecule has 0 aliphatic carbocycles. The second kappa shape index (κ2) is 8.38. The first kappa shape index (κ1) is 18.5. The van der Waals surface area contributed by atoms with Crippen molar-refractivity contribution in [3.8, 4) is 11.5 Å². The van der Waals surface area contributed by atoms with Crippen LogP contribution in [-0.2, 0) is 0 Å². The van der Waals surface area contributed by atoms with E-state index >= 15 is 0 Å². The summed E-state index contributed by atoms with van der Waals surface area (Å²) in [7, 11) is 1.51. The van der Waals surface area contributed by atoms with Crippen LogP contribution in [0.15, 0.2) is 72.8 Å². The third-order valence-corrected chi connectivity index (χ3v) is 4.10. The van der Waals surface area contributed by atoms with Gasteiger partial charge in [-0.3, -0.25) is 4.79 Å². The molecule has 5 nitrogen and oxygen atoms in total. The summed E-state index contributed by atoms with van der Waals surface area (Å²) in [4.78, 5) is 24.6. The van der Waals surface area contributed by atoms with Crippen LogP contribution in [0.5, 0.6) is 11.5 Å². The van der Waals surface area contributed by atoms with Crippen molar-refractivity contribution in [1.82, 2.24) is 0 Å². The van der Waals surface area contributed by atoms with Gasteiger partial charge in [-0.1, -0.05) is 35.9 Å². The minimum absolute atomic E-state index is 0.285. The molecule has 1 amide bonds. The molecule has 0 radical (unpaired) electrons. The van der Waals surface area contributed by atoms with Crippen LogP contribution in [0, 0.1) is 0 Å². The van der Waals surface area contributed by atoms with Crippen molar-refractivity contribution in [3.05, 3.63) is 88.9 Å². The number of ether oxygens (including phenoxy) is 2. The highest BCUT2D eigenvalue weighted by Crippen LogP contribution is 2.22. The Balaban J connectivity index is 1.68. The maximum atomic E-state index is 12.4. The molecule has 3 aromatic carbocycles. The number of carbonyl (C=O) groups excluding carboxylic acids is 2. The zero-order valence-corrected chi connectivity index (χ0v) is 15.2. The summed E-state index contributed by atoms with van der Waals surface area (Å²) >= 11 is 5.99. The van der Waals surface area contributed by atoms with Gasteiger partial charge in [-0.05, 0) is 48.5 Å². The van der Waals surface area contributed by atoms with Crippen LogP contribution >= 0.6 is 11.6 Å². The number of rotatable bonds is 5. The number of benzene rings is 3. The fraction of sp³-hybridized carbons (Fsp3) is 0.0476. The minimum Gasteiger partial charge on any atom is -0.496 e. The topological polar surface area (TPSA) is 64.6 Å². The first-order chi connectivity index (χ1) is 13.1. The molecule has 0 aliphatic heterocycles. The van der Waals surface area contributed by atoms with Crippen molar-refractivity contribution in [2.24, 2.45) is 0 Å². The van der Waals surface area contributed by atoms with Crippen LogP contribution in [0.4, 0.5) is 5.69 Å². The number of carbonyl (C=O) groups is 2. The number of esters is 1. The van der Waals surface area contributed by atoms with Gasteiger partial charge in [0.15, 0.2) is 0 Å². The lowest BCUT2D eigenvalue weighted by molar-refractivity contribution is 0.0734. The van der Waals surface area contributed by atoms with E-state index in [1.54, 1.807) is 72.8 Å². The van der Waals surface area contributed by atoms with E-state index in [-0.39, 0.29) is 11.5 Å². The average Bonchev–Trinajstić information content (AvgIpc) is 2.69. The van der Waals surface area contributed by atoms with E-state index in [2.05, 4.69) is 5.32 Å². The van der Waals surface area contributed by atoms with Gasteiger partial charge in [0.05, 0.1) is 23.3 Å². The highest BCUT2D eigenvalue weighted by Gasteiger charge is 2.13. The monoisotopic (exact) mass is 381 g/mol. The Morgan fingerprint density at radius 3 is 2.15 bits per heavy atom. The Bertz CT molecular complexity index is 970. The van der Waals surface area contributed by atoms with Gasteiger partial charge in [-0.15, -0.1) is 0 Å². The first-order valence-corrected chi connectivity index (χ1v) is 8.47. The molecule has 0 saturated heterocycles. The maximum Gasteiger partial charge on any atom is 0.345 e. The van der Waals surface area contributed by atoms with Gasteiger partial charge in [-0.2, -0.15) is 0 Å². The van der Waals surface area contributed by atoms with Crippen molar-refractivity contribution in [3.63, 3.8) is 0 Å². The van der Waals surface area contributed by atoms with Crippen LogP contribution in [0.2, 0.25) is 5.02 Å². The van der Waals surface area contributed by atoms with Crippen LogP contribution in [0.25, 0.3) is 0 Å². The Morgan fingerprint density at radius 1 is 0.852 bits per heavy atom. The van der Waals surface area contributed by atoms with Crippen LogP contribution < -0.4 is 14.8 Å². The molecule has 0 saturated carbocycles. The number of amides is 1. The van der Waals surface area contributed by atoms with Crippen molar-refractivity contribution in [1.29, 1.82) is 0 Å². The van der Waals surface area contributed by atoms with Crippen LogP contribution in [0.3, 0.4) is 0 Å². The largest absolute Gasteiger partial charge is 0.496 e. The molecule has 3 aromatic rings. The Morgan fingerprint density at radius 2 is 1.48 bits per heavy atom. The number of halogens is 1. The molecular weight excluding hydrogens is 366 g/mol. The summed E-state index contributed by atoms with van der Waals surface area (Å²) in [6.07, 6.45) is 0. The molecule has 0 atom stereocenters. The molecule has 0 unspecified atom stereocenters. The molecule has 0 bridgehead atoms. The van der Waals surface area contributed by atoms with Crippen molar-refractivity contribution < 1.29 is 19.1 Å². The molecule has 6 heteroatoms. The van der Waals surface area contributed by atoms with Gasteiger partial charge in [0.2, 0.25) is 0 Å². The molecule has 1 N–H and O–H groups in total. The zero-order valence-electron chi connectivity index (χ0n) is 14.4. The summed E-state index contributed by atoms with van der Waals surface area (Å²) in [6, 6.07) is 20.1. The summed E-state index contributed by atoms with van der Waals surface area (Å²) in [5.74, 6) is -0.0184. The predicted molar refractivity (Wildman–Crippen MR) is 104 cm³/mol. The Hall–Kier alpha value is -3.31. The van der Waals surface area contributed by atoms with Gasteiger partial charge in [-0.25, -0.2) is 4.79 Å². The maximum absolute atomic E-state index is 12.4. The van der Waals surface area contributed by atoms with E-state index in [1.807, 2.05) is 0 Å². The first-order valence-electron chi connectivity index (χ1n) is 8.09. The summed E-state index contributed by atoms with van der Waals surface area (Å²) in [5.41, 5.74) is 1.27. The third-order valence-electron chi connectivity index (χ3n) is 3.77. The molecule has 0 heterocycles. The number of hydrogen-bond donors (Lipinski definition) is 1. The van der Waals surface area contributed by atoms with Crippen molar-refractivity contribution in [2.45, 2.75) is 0 Å². The zero-order chi connectivity index (χ0) is 19.2. The number of para-hydroxylation sites is 1. The lowest BCUT2D eigenvalue weighted by atomic mass is 10.2. The normalized spacial score (nSPS) is 10.1. The van der Waals surface area contributed by atoms with Gasteiger partial charge in [0.1, 0.15) is 11.5 Å². The molecular formula is C21H16ClNO4. The molecule has 0 aliphatic rings. The average molecular weight is 382 g/mol. The van der Waals surface area contributed by atoms with Gasteiger partial charge in [0.25, 0.3) is 5.91 Å². The van der Waals surface area contributed by atoms with Crippen molar-refractivity contribution >= 4 is 29.2 Å². The number of nitrogens with one attached hydrogen (secondary N) is 1. The van der Waals surface area contributed by atoms with E-state index in [0.29, 0.717) is 27.8 Å². The van der Waals surface area contributed by atoms with Gasteiger partial charge >= 0.3 is 5.97 Å². The Labute approximate surface area is 161 Å². The lowest BCUT2D eigenvalue weighted by Crippen LogP contribution is -2.13. The fourth-order valence-corrected chi connectivity index (χ4v) is 2.64. The van der Waals surface area contributed by atoms with Crippen LogP contribution in [-0.4, -0.2) is 19.0 Å². The highest BCUT2D eigenvalue weighted by atomic mass is 35.5. The summed E-state index contributed by atoms with van der Waals surface area (Å²) < 4.78 is 10.5. The quantitative estimate of drug-likeness (QED) is 0.508. The summed E-state index contributed by atoms with van der Waals surface area (Å²) in [6.45, 7) is 0. The van der Waals surface area contributed by atoms with Crippen molar-refractivity contribution in [2.75, 3.05) is 12.4 Å². The highest BCUT2D eigenvalue weighted by molar-refractivity contribution is 6.33. The molecule has 0 aromatic heterocycles. The SMILES string of the molecule is COc1ccccc1C(=O)Nc1ccc(OC(=O)c2ccccc2Cl)cc1. The molecule has 27 heavy (non-hydrogen) atoms. The van der Waals surface area contributed by atoms with E-state index in [1.165, 1.54) is 7.11 Å². The minimum atomic E-state index is -0.550. The predicted octanol–water partition coefficient (Wildman–Crippen LogP) is 4.82. The lowest BCUT2D eigenvalue weighted by Gasteiger charge is -2.10. The smallest absolute Gasteiger partial charge is 0.345 e.